The molecule has 8 nitrogen and oxygen atoms in total. The number of nitrogens with two attached hydrogens (primary N) is 1. The van der Waals surface area contributed by atoms with Crippen LogP contribution in [0.4, 0.5) is 4.39 Å². The van der Waals surface area contributed by atoms with Gasteiger partial charge in [-0.2, -0.15) is 4.31 Å². The maximum atomic E-state index is 14.0. The number of fused-ring (bicyclic) bond motifs is 2. The predicted molar refractivity (Wildman–Crippen MR) is 164 cm³/mol. The lowest BCUT2D eigenvalue weighted by Gasteiger charge is -2.48. The van der Waals surface area contributed by atoms with Crippen LogP contribution in [0.5, 0.6) is 0 Å². The molecule has 42 heavy (non-hydrogen) atoms. The SMILES string of the molecule is CC1(C)C[C@@H]([C@@H]([C@H](N)C(=O)N[C@H]2CCCC[C@@H]2CC[C@H]2CN[C@@H]3CCCS(=O)(=O)N2C3)C2(C)C=CC(F)=CC2)CCO1. The van der Waals surface area contributed by atoms with Gasteiger partial charge in [-0.3, -0.25) is 4.79 Å². The van der Waals surface area contributed by atoms with Gasteiger partial charge in [0.15, 0.2) is 0 Å². The van der Waals surface area contributed by atoms with Crippen molar-refractivity contribution in [1.82, 2.24) is 14.9 Å². The summed E-state index contributed by atoms with van der Waals surface area (Å²) >= 11 is 0. The maximum Gasteiger partial charge on any atom is 0.237 e. The molecule has 0 aromatic heterocycles. The lowest BCUT2D eigenvalue weighted by molar-refractivity contribution is -0.130. The first-order chi connectivity index (χ1) is 19.9. The first-order valence-electron chi connectivity index (χ1n) is 16.3. The second-order valence-electron chi connectivity index (χ2n) is 14.6. The summed E-state index contributed by atoms with van der Waals surface area (Å²) in [5, 5.41) is 6.95. The number of carbonyl (C=O) groups is 1. The minimum Gasteiger partial charge on any atom is -0.376 e. The zero-order valence-electron chi connectivity index (χ0n) is 25.8. The molecule has 0 aromatic carbocycles. The average Bonchev–Trinajstić information content (AvgIpc) is 3.05. The van der Waals surface area contributed by atoms with Crippen molar-refractivity contribution in [3.05, 3.63) is 24.1 Å². The first-order valence-corrected chi connectivity index (χ1v) is 18.0. The van der Waals surface area contributed by atoms with Crippen molar-refractivity contribution in [2.45, 2.75) is 121 Å². The van der Waals surface area contributed by atoms with Crippen LogP contribution in [0.2, 0.25) is 0 Å². The van der Waals surface area contributed by atoms with Crippen LogP contribution >= 0.6 is 0 Å². The molecule has 4 N–H and O–H groups in total. The van der Waals surface area contributed by atoms with E-state index >= 15 is 0 Å². The van der Waals surface area contributed by atoms with Crippen LogP contribution in [0.25, 0.3) is 0 Å². The number of rotatable bonds is 8. The Hall–Kier alpha value is -1.33. The highest BCUT2D eigenvalue weighted by molar-refractivity contribution is 7.89. The molecule has 2 unspecified atom stereocenters. The van der Waals surface area contributed by atoms with Gasteiger partial charge < -0.3 is 21.1 Å². The van der Waals surface area contributed by atoms with E-state index < -0.39 is 21.5 Å². The lowest BCUT2D eigenvalue weighted by atomic mass is 9.61. The fourth-order valence-electron chi connectivity index (χ4n) is 8.63. The van der Waals surface area contributed by atoms with Gasteiger partial charge in [-0.1, -0.05) is 25.8 Å². The molecular formula is C32H53FN4O4S. The van der Waals surface area contributed by atoms with Crippen LogP contribution in [0.3, 0.4) is 0 Å². The number of ether oxygens (including phenoxy) is 1. The Balaban J connectivity index is 1.27. The van der Waals surface area contributed by atoms with E-state index in [0.717, 1.165) is 57.8 Å². The third-order valence-corrected chi connectivity index (χ3v) is 12.9. The van der Waals surface area contributed by atoms with E-state index in [1.54, 1.807) is 10.4 Å². The van der Waals surface area contributed by atoms with Gasteiger partial charge in [-0.25, -0.2) is 12.8 Å². The lowest BCUT2D eigenvalue weighted by Crippen LogP contribution is -2.58. The molecule has 4 fully saturated rings. The number of sulfonamides is 1. The molecule has 1 saturated carbocycles. The second-order valence-corrected chi connectivity index (χ2v) is 16.6. The summed E-state index contributed by atoms with van der Waals surface area (Å²) in [4.78, 5) is 13.9. The van der Waals surface area contributed by atoms with E-state index in [1.807, 2.05) is 6.08 Å². The van der Waals surface area contributed by atoms with Gasteiger partial charge in [0, 0.05) is 37.8 Å². The Morgan fingerprint density at radius 3 is 2.71 bits per heavy atom. The molecule has 5 aliphatic rings. The van der Waals surface area contributed by atoms with Gasteiger partial charge in [-0.15, -0.1) is 0 Å². The molecule has 0 radical (unpaired) electrons. The van der Waals surface area contributed by atoms with Gasteiger partial charge in [-0.05, 0) is 107 Å². The molecule has 3 heterocycles. The Bertz CT molecular complexity index is 1140. The standard InChI is InChI=1S/C32H53FN4O4S/c1-31(2)19-23(14-17-41-31)28(32(3)15-12-24(33)13-16-32)29(34)30(38)36-27-9-5-4-7-22(27)10-11-26-20-35-25-8-6-18-42(39,40)37(26)21-25/h12-13,15,22-23,25-29,35H,4-11,14,16-21,34H2,1-3H3,(H,36,38)/t22-,23+,25-,26+,27+,28+,29+,32?/m1/s1. The fraction of sp³-hybridized carbons (Fsp3) is 0.844. The molecule has 3 saturated heterocycles. The highest BCUT2D eigenvalue weighted by Crippen LogP contribution is 2.47. The molecule has 2 aliphatic carbocycles. The fourth-order valence-corrected chi connectivity index (χ4v) is 10.4. The molecule has 9 atom stereocenters. The summed E-state index contributed by atoms with van der Waals surface area (Å²) in [5.74, 6) is 0.201. The highest BCUT2D eigenvalue weighted by Gasteiger charge is 2.47. The van der Waals surface area contributed by atoms with Crippen molar-refractivity contribution in [1.29, 1.82) is 0 Å². The van der Waals surface area contributed by atoms with E-state index in [0.29, 0.717) is 38.5 Å². The quantitative estimate of drug-likeness (QED) is 0.381. The molecule has 1 amide bonds. The van der Waals surface area contributed by atoms with Gasteiger partial charge >= 0.3 is 0 Å². The summed E-state index contributed by atoms with van der Waals surface area (Å²) in [6.07, 6.45) is 14.6. The molecule has 3 aliphatic heterocycles. The number of amides is 1. The van der Waals surface area contributed by atoms with Gasteiger partial charge in [0.25, 0.3) is 0 Å². The third kappa shape index (κ3) is 7.31. The summed E-state index contributed by atoms with van der Waals surface area (Å²) in [6, 6.07) is -0.472. The topological polar surface area (TPSA) is 114 Å². The van der Waals surface area contributed by atoms with Crippen molar-refractivity contribution >= 4 is 15.9 Å². The summed E-state index contributed by atoms with van der Waals surface area (Å²) in [5.41, 5.74) is 6.18. The van der Waals surface area contributed by atoms with Crippen molar-refractivity contribution in [2.24, 2.45) is 28.9 Å². The van der Waals surface area contributed by atoms with Crippen molar-refractivity contribution in [3.63, 3.8) is 0 Å². The number of halogens is 1. The van der Waals surface area contributed by atoms with Crippen LogP contribution in [-0.2, 0) is 19.6 Å². The minimum atomic E-state index is -3.22. The van der Waals surface area contributed by atoms with Crippen molar-refractivity contribution < 1.29 is 22.3 Å². The Morgan fingerprint density at radius 1 is 1.19 bits per heavy atom. The van der Waals surface area contributed by atoms with Crippen LogP contribution in [0, 0.1) is 23.2 Å². The van der Waals surface area contributed by atoms with Crippen molar-refractivity contribution in [3.8, 4) is 0 Å². The molecule has 5 rings (SSSR count). The molecule has 238 valence electrons. The van der Waals surface area contributed by atoms with Crippen LogP contribution < -0.4 is 16.4 Å². The van der Waals surface area contributed by atoms with E-state index in [4.69, 9.17) is 10.5 Å². The maximum absolute atomic E-state index is 14.0. The highest BCUT2D eigenvalue weighted by atomic mass is 32.2. The number of allylic oxidation sites excluding steroid dienone is 4. The van der Waals surface area contributed by atoms with Crippen LogP contribution in [0.1, 0.15) is 91.4 Å². The molecule has 10 heteroatoms. The Labute approximate surface area is 252 Å². The molecule has 0 spiro atoms. The van der Waals surface area contributed by atoms with Gasteiger partial charge in [0.2, 0.25) is 15.9 Å². The number of piperazine rings is 1. The van der Waals surface area contributed by atoms with E-state index in [2.05, 4.69) is 31.4 Å². The third-order valence-electron chi connectivity index (χ3n) is 10.9. The van der Waals surface area contributed by atoms with Crippen LogP contribution in [0.15, 0.2) is 24.1 Å². The molecule has 2 bridgehead atoms. The van der Waals surface area contributed by atoms with E-state index in [1.165, 1.54) is 6.08 Å². The molecule has 0 aromatic rings. The van der Waals surface area contributed by atoms with Gasteiger partial charge in [0.1, 0.15) is 5.83 Å². The smallest absolute Gasteiger partial charge is 0.237 e. The summed E-state index contributed by atoms with van der Waals surface area (Å²) in [6.45, 7) is 8.18. The largest absolute Gasteiger partial charge is 0.376 e. The first kappa shape index (κ1) is 32.1. The summed E-state index contributed by atoms with van der Waals surface area (Å²) in [7, 11) is -3.22. The zero-order chi connectivity index (χ0) is 30.1. The van der Waals surface area contributed by atoms with Crippen LogP contribution in [-0.4, -0.2) is 73.8 Å². The van der Waals surface area contributed by atoms with Gasteiger partial charge in [0.05, 0.1) is 17.4 Å². The van der Waals surface area contributed by atoms with E-state index in [-0.39, 0.29) is 53.0 Å². The number of hydrogen-bond donors (Lipinski definition) is 3. The second kappa shape index (κ2) is 13.0. The monoisotopic (exact) mass is 608 g/mol. The number of nitrogens with zero attached hydrogens (tertiary/aromatic N) is 1. The number of nitrogens with one attached hydrogen (secondary N) is 2. The van der Waals surface area contributed by atoms with Crippen molar-refractivity contribution in [2.75, 3.05) is 25.4 Å². The predicted octanol–water partition coefficient (Wildman–Crippen LogP) is 4.18. The Morgan fingerprint density at radius 2 is 1.98 bits per heavy atom. The van der Waals surface area contributed by atoms with E-state index in [9.17, 15) is 17.6 Å². The number of hydrogen-bond acceptors (Lipinski definition) is 6. The summed E-state index contributed by atoms with van der Waals surface area (Å²) < 4.78 is 47.7. The number of carbonyl (C=O) groups excluding carboxylic acids is 1. The Kier molecular flexibility index (Phi) is 9.89. The zero-order valence-corrected chi connectivity index (χ0v) is 26.6. The molecular weight excluding hydrogens is 555 g/mol. The average molecular weight is 609 g/mol. The minimum absolute atomic E-state index is 0.0289. The normalized spacial score (nSPS) is 39.4.